The van der Waals surface area contributed by atoms with Crippen molar-refractivity contribution in [2.75, 3.05) is 11.5 Å². The van der Waals surface area contributed by atoms with E-state index in [0.29, 0.717) is 6.42 Å². The van der Waals surface area contributed by atoms with Crippen LogP contribution < -0.4 is 0 Å². The average Bonchev–Trinajstić information content (AvgIpc) is 1.98. The zero-order valence-electron chi connectivity index (χ0n) is 6.89. The van der Waals surface area contributed by atoms with E-state index in [0.717, 1.165) is 11.8 Å². The van der Waals surface area contributed by atoms with Gasteiger partial charge >= 0.3 is 0 Å². The van der Waals surface area contributed by atoms with Gasteiger partial charge in [0.05, 0.1) is 5.75 Å². The highest BCUT2D eigenvalue weighted by atomic mass is 32.2. The van der Waals surface area contributed by atoms with Crippen molar-refractivity contribution in [3.8, 4) is 12.3 Å². The zero-order chi connectivity index (χ0) is 10.3. The molecule has 0 aliphatic rings. The molecular weight excluding hydrogens is 212 g/mol. The fraction of sp³-hybridized carbons (Fsp3) is 0.571. The van der Waals surface area contributed by atoms with E-state index < -0.39 is 15.9 Å². The van der Waals surface area contributed by atoms with Crippen LogP contribution >= 0.6 is 11.8 Å². The van der Waals surface area contributed by atoms with E-state index in [-0.39, 0.29) is 17.3 Å². The smallest absolute Gasteiger partial charge is 0.265 e. The molecule has 0 heterocycles. The van der Waals surface area contributed by atoms with E-state index >= 15 is 0 Å². The first-order valence-corrected chi connectivity index (χ1v) is 6.09. The molecule has 0 bridgehead atoms. The second kappa shape index (κ2) is 6.02. The van der Waals surface area contributed by atoms with Crippen molar-refractivity contribution in [1.82, 2.24) is 0 Å². The van der Waals surface area contributed by atoms with Crippen molar-refractivity contribution in [3.05, 3.63) is 0 Å². The predicted molar refractivity (Wildman–Crippen MR) is 51.9 cm³/mol. The quantitative estimate of drug-likeness (QED) is 0.543. The molecule has 0 saturated carbocycles. The van der Waals surface area contributed by atoms with Crippen molar-refractivity contribution in [3.63, 3.8) is 0 Å². The fourth-order valence-corrected chi connectivity index (χ4v) is 2.16. The first-order chi connectivity index (χ1) is 5.95. The highest BCUT2D eigenvalue weighted by Gasteiger charge is 2.07. The first kappa shape index (κ1) is 12.5. The van der Waals surface area contributed by atoms with E-state index in [1.165, 1.54) is 0 Å². The van der Waals surface area contributed by atoms with Crippen molar-refractivity contribution in [1.29, 1.82) is 0 Å². The third-order valence-corrected chi connectivity index (χ3v) is 2.99. The highest BCUT2D eigenvalue weighted by Crippen LogP contribution is 2.07. The molecule has 0 fully saturated rings. The normalized spacial score (nSPS) is 10.8. The topological polar surface area (TPSA) is 71.4 Å². The van der Waals surface area contributed by atoms with Gasteiger partial charge in [0, 0.05) is 18.6 Å². The number of carbonyl (C=O) groups is 1. The van der Waals surface area contributed by atoms with Crippen LogP contribution in [0, 0.1) is 12.3 Å². The van der Waals surface area contributed by atoms with Crippen molar-refractivity contribution in [2.24, 2.45) is 0 Å². The van der Waals surface area contributed by atoms with Gasteiger partial charge in [0.25, 0.3) is 10.1 Å². The molecule has 0 unspecified atom stereocenters. The molecule has 0 atom stereocenters. The van der Waals surface area contributed by atoms with E-state index in [9.17, 15) is 13.2 Å². The van der Waals surface area contributed by atoms with E-state index in [4.69, 9.17) is 11.0 Å². The minimum Gasteiger partial charge on any atom is -0.287 e. The molecule has 74 valence electrons. The monoisotopic (exact) mass is 222 g/mol. The van der Waals surface area contributed by atoms with Gasteiger partial charge in [-0.15, -0.1) is 12.3 Å². The summed E-state index contributed by atoms with van der Waals surface area (Å²) in [5, 5.41) is -0.151. The second-order valence-corrected chi connectivity index (χ2v) is 4.93. The molecule has 0 aliphatic heterocycles. The fourth-order valence-electron chi connectivity index (χ4n) is 0.507. The molecule has 1 N–H and O–H groups in total. The highest BCUT2D eigenvalue weighted by molar-refractivity contribution is 8.14. The maximum Gasteiger partial charge on any atom is 0.265 e. The summed E-state index contributed by atoms with van der Waals surface area (Å²) >= 11 is 0.870. The van der Waals surface area contributed by atoms with Crippen LogP contribution in [-0.4, -0.2) is 29.6 Å². The number of hydrogen-bond acceptors (Lipinski definition) is 4. The Bertz CT molecular complexity index is 299. The lowest BCUT2D eigenvalue weighted by atomic mass is 10.3. The van der Waals surface area contributed by atoms with Crippen LogP contribution in [0.5, 0.6) is 0 Å². The van der Waals surface area contributed by atoms with Crippen molar-refractivity contribution >= 4 is 27.0 Å². The van der Waals surface area contributed by atoms with Crippen LogP contribution in [0.15, 0.2) is 0 Å². The molecule has 0 aromatic heterocycles. The Morgan fingerprint density at radius 2 is 2.15 bits per heavy atom. The summed E-state index contributed by atoms with van der Waals surface area (Å²) < 4.78 is 28.8. The van der Waals surface area contributed by atoms with Crippen LogP contribution in [0.1, 0.15) is 12.8 Å². The lowest BCUT2D eigenvalue weighted by Crippen LogP contribution is -2.07. The lowest BCUT2D eigenvalue weighted by molar-refractivity contribution is -0.110. The summed E-state index contributed by atoms with van der Waals surface area (Å²) in [5.74, 6) is 1.97. The van der Waals surface area contributed by atoms with Gasteiger partial charge in [-0.3, -0.25) is 9.35 Å². The standard InChI is InChI=1S/C7H10O4S2/c1-2-3-4-7(8)12-5-6-13(9,10)11/h1H,3-6H2,(H,9,10,11). The Morgan fingerprint density at radius 1 is 1.54 bits per heavy atom. The second-order valence-electron chi connectivity index (χ2n) is 2.21. The average molecular weight is 222 g/mol. The van der Waals surface area contributed by atoms with Crippen molar-refractivity contribution in [2.45, 2.75) is 12.8 Å². The van der Waals surface area contributed by atoms with Gasteiger partial charge in [-0.1, -0.05) is 11.8 Å². The number of terminal acetylenes is 1. The molecule has 0 radical (unpaired) electrons. The molecule has 6 heteroatoms. The van der Waals surface area contributed by atoms with Gasteiger partial charge < -0.3 is 0 Å². The van der Waals surface area contributed by atoms with Gasteiger partial charge in [0.1, 0.15) is 0 Å². The summed E-state index contributed by atoms with van der Waals surface area (Å²) in [5.41, 5.74) is 0. The molecular formula is C7H10O4S2. The van der Waals surface area contributed by atoms with E-state index in [2.05, 4.69) is 5.92 Å². The maximum atomic E-state index is 10.9. The van der Waals surface area contributed by atoms with Gasteiger partial charge in [0.2, 0.25) is 0 Å². The van der Waals surface area contributed by atoms with Gasteiger partial charge in [-0.25, -0.2) is 0 Å². The van der Waals surface area contributed by atoms with E-state index in [1.807, 2.05) is 0 Å². The molecule has 13 heavy (non-hydrogen) atoms. The Kier molecular flexibility index (Phi) is 5.79. The molecule has 0 rings (SSSR count). The number of thioether (sulfide) groups is 1. The van der Waals surface area contributed by atoms with Crippen LogP contribution in [0.25, 0.3) is 0 Å². The first-order valence-electron chi connectivity index (χ1n) is 3.50. The van der Waals surface area contributed by atoms with Crippen LogP contribution in [-0.2, 0) is 14.9 Å². The number of carbonyl (C=O) groups excluding carboxylic acids is 1. The van der Waals surface area contributed by atoms with Crippen LogP contribution in [0.3, 0.4) is 0 Å². The molecule has 0 aromatic carbocycles. The minimum atomic E-state index is -3.95. The van der Waals surface area contributed by atoms with Crippen molar-refractivity contribution < 1.29 is 17.8 Å². The Morgan fingerprint density at radius 3 is 2.62 bits per heavy atom. The van der Waals surface area contributed by atoms with Crippen LogP contribution in [0.2, 0.25) is 0 Å². The zero-order valence-corrected chi connectivity index (χ0v) is 8.53. The third-order valence-electron chi connectivity index (χ3n) is 1.08. The summed E-state index contributed by atoms with van der Waals surface area (Å²) in [6, 6.07) is 0. The lowest BCUT2D eigenvalue weighted by Gasteiger charge is -1.96. The number of rotatable bonds is 5. The molecule has 0 spiro atoms. The van der Waals surface area contributed by atoms with Crippen LogP contribution in [0.4, 0.5) is 0 Å². The Balaban J connectivity index is 3.56. The summed E-state index contributed by atoms with van der Waals surface area (Å²) in [6.07, 6.45) is 5.53. The molecule has 4 nitrogen and oxygen atoms in total. The van der Waals surface area contributed by atoms with Gasteiger partial charge in [-0.05, 0) is 0 Å². The Hall–Kier alpha value is -0.510. The number of hydrogen-bond donors (Lipinski definition) is 1. The van der Waals surface area contributed by atoms with Gasteiger partial charge in [0.15, 0.2) is 5.12 Å². The minimum absolute atomic E-state index is 0.0717. The van der Waals surface area contributed by atoms with E-state index in [1.54, 1.807) is 0 Å². The third kappa shape index (κ3) is 9.40. The molecule has 0 aromatic rings. The summed E-state index contributed by atoms with van der Waals surface area (Å²) in [7, 11) is -3.95. The maximum absolute atomic E-state index is 10.9. The summed E-state index contributed by atoms with van der Waals surface area (Å²) in [6.45, 7) is 0. The molecule has 0 saturated heterocycles. The largest absolute Gasteiger partial charge is 0.287 e. The summed E-state index contributed by atoms with van der Waals surface area (Å²) in [4.78, 5) is 10.9. The van der Waals surface area contributed by atoms with Gasteiger partial charge in [-0.2, -0.15) is 8.42 Å². The molecule has 0 amide bonds. The SMILES string of the molecule is C#CCCC(=O)SCCS(=O)(=O)O. The predicted octanol–water partition coefficient (Wildman–Crippen LogP) is 0.547. The molecule has 0 aliphatic carbocycles. The Labute approximate surface area is 81.8 Å².